The molecule has 7 aromatic rings. The van der Waals surface area contributed by atoms with E-state index in [1.165, 1.54) is 50.1 Å². The summed E-state index contributed by atoms with van der Waals surface area (Å²) in [5, 5.41) is 0. The van der Waals surface area contributed by atoms with Gasteiger partial charge in [0.25, 0.3) is 0 Å². The SMILES string of the molecule is Cc1ccc(-c2c(-c3ccc(C)c(C)c3)c3c(-c4ccc(C)c(C)c4)c4nc(cc5ccc(cc6nc(cc2n3-c2ccc(C)c(C)c2)C=C6)[nH]5)C=C4)cc1C.[La]. The molecule has 0 saturated carbocycles. The number of aromatic amines is 1. The van der Waals surface area contributed by atoms with Gasteiger partial charge in [0.15, 0.2) is 0 Å². The Morgan fingerprint density at radius 2 is 0.860 bits per heavy atom. The van der Waals surface area contributed by atoms with E-state index in [9.17, 15) is 0 Å². The Labute approximate surface area is 363 Å². The molecule has 5 heteroatoms. The summed E-state index contributed by atoms with van der Waals surface area (Å²) >= 11 is 0. The van der Waals surface area contributed by atoms with Crippen LogP contribution in [0.15, 0.2) is 103 Å². The van der Waals surface area contributed by atoms with Crippen molar-refractivity contribution in [3.63, 3.8) is 0 Å². The molecule has 0 saturated heterocycles. The van der Waals surface area contributed by atoms with Crippen LogP contribution in [0.4, 0.5) is 0 Å². The van der Waals surface area contributed by atoms with Gasteiger partial charge in [0, 0.05) is 69.0 Å². The van der Waals surface area contributed by atoms with Crippen molar-refractivity contribution < 1.29 is 35.6 Å². The molecule has 0 amide bonds. The number of rotatable bonds is 4. The monoisotopic (exact) mass is 865 g/mol. The van der Waals surface area contributed by atoms with Crippen molar-refractivity contribution >= 4 is 46.4 Å². The van der Waals surface area contributed by atoms with Crippen LogP contribution in [0, 0.1) is 91.0 Å². The fourth-order valence-corrected chi connectivity index (χ4v) is 7.98. The van der Waals surface area contributed by atoms with Gasteiger partial charge in [-0.25, -0.2) is 9.97 Å². The van der Waals surface area contributed by atoms with Gasteiger partial charge < -0.3 is 9.55 Å². The molecule has 277 valence electrons. The molecule has 8 bridgehead atoms. The molecule has 0 unspecified atom stereocenters. The van der Waals surface area contributed by atoms with E-state index in [1.807, 2.05) is 0 Å². The van der Waals surface area contributed by atoms with E-state index in [-0.39, 0.29) is 35.6 Å². The fourth-order valence-electron chi connectivity index (χ4n) is 7.98. The second-order valence-electron chi connectivity index (χ2n) is 15.7. The van der Waals surface area contributed by atoms with Gasteiger partial charge in [-0.3, -0.25) is 0 Å². The molecular formula is C52H46LaN4. The van der Waals surface area contributed by atoms with Crippen LogP contribution in [0.3, 0.4) is 0 Å². The van der Waals surface area contributed by atoms with E-state index in [0.29, 0.717) is 0 Å². The maximum absolute atomic E-state index is 5.43. The van der Waals surface area contributed by atoms with Crippen molar-refractivity contribution in [3.8, 4) is 39.1 Å². The molecule has 4 nitrogen and oxygen atoms in total. The standard InChI is InChI=1S/C52H46N4.La/c1-30-9-13-38(23-34(30)5)49-47-22-20-44(55-47)28-43-17-16-41(53-43)27-42-18-19-45(54-42)29-48-50(39-14-10-31(2)35(6)24-39)51(40-15-11-32(3)36(7)25-40)52(49)56(48)46-21-12-33(4)37(8)26-46;/h9-29,53H,1-8H3;. The van der Waals surface area contributed by atoms with Crippen LogP contribution >= 0.6 is 0 Å². The molecule has 57 heavy (non-hydrogen) atoms. The average Bonchev–Trinajstić information content (AvgIpc) is 3.98. The second-order valence-corrected chi connectivity index (χ2v) is 15.7. The molecule has 0 spiro atoms. The zero-order valence-corrected chi connectivity index (χ0v) is 37.7. The number of aryl methyl sites for hydroxylation is 8. The van der Waals surface area contributed by atoms with Gasteiger partial charge in [0.2, 0.25) is 0 Å². The van der Waals surface area contributed by atoms with E-state index in [4.69, 9.17) is 9.97 Å². The first-order valence-corrected chi connectivity index (χ1v) is 19.5. The number of aromatic nitrogens is 4. The van der Waals surface area contributed by atoms with Gasteiger partial charge in [-0.1, -0.05) is 60.7 Å². The Bertz CT molecular complexity index is 3010. The molecule has 1 N–H and O–H groups in total. The maximum atomic E-state index is 5.43. The first-order valence-electron chi connectivity index (χ1n) is 19.5. The quantitative estimate of drug-likeness (QED) is 0.192. The van der Waals surface area contributed by atoms with Crippen molar-refractivity contribution in [2.24, 2.45) is 0 Å². The topological polar surface area (TPSA) is 46.5 Å². The summed E-state index contributed by atoms with van der Waals surface area (Å²) in [6.45, 7) is 17.6. The Hall–Kier alpha value is -5.33. The molecule has 1 radical (unpaired) electrons. The largest absolute Gasteiger partial charge is 0.355 e. The van der Waals surface area contributed by atoms with Crippen LogP contribution in [0.2, 0.25) is 0 Å². The summed E-state index contributed by atoms with van der Waals surface area (Å²) in [6, 6.07) is 38.2. The Kier molecular flexibility index (Phi) is 10.3. The first-order chi connectivity index (χ1) is 27.0. The summed E-state index contributed by atoms with van der Waals surface area (Å²) in [4.78, 5) is 14.2. The summed E-state index contributed by atoms with van der Waals surface area (Å²) in [6.07, 6.45) is 8.57. The third kappa shape index (κ3) is 7.14. The Morgan fingerprint density at radius 3 is 1.40 bits per heavy atom. The molecule has 2 aliphatic rings. The van der Waals surface area contributed by atoms with Crippen molar-refractivity contribution in [3.05, 3.63) is 170 Å². The van der Waals surface area contributed by atoms with Crippen LogP contribution in [0.25, 0.3) is 85.4 Å². The van der Waals surface area contributed by atoms with E-state index in [1.54, 1.807) is 0 Å². The number of nitrogens with one attached hydrogen (secondary N) is 1. The van der Waals surface area contributed by atoms with Crippen molar-refractivity contribution in [1.82, 2.24) is 19.5 Å². The molecule has 2 aliphatic heterocycles. The molecule has 3 aromatic heterocycles. The molecular weight excluding hydrogens is 820 g/mol. The summed E-state index contributed by atoms with van der Waals surface area (Å²) in [5.74, 6) is 0. The molecule has 0 atom stereocenters. The summed E-state index contributed by atoms with van der Waals surface area (Å²) in [7, 11) is 0. The normalized spacial score (nSPS) is 11.9. The number of benzene rings is 4. The van der Waals surface area contributed by atoms with Crippen molar-refractivity contribution in [1.29, 1.82) is 0 Å². The first kappa shape index (κ1) is 38.5. The van der Waals surface area contributed by atoms with Gasteiger partial charge in [-0.2, -0.15) is 0 Å². The Balaban J connectivity index is 0.00000455. The van der Waals surface area contributed by atoms with E-state index < -0.39 is 0 Å². The minimum absolute atomic E-state index is 0. The molecule has 9 rings (SSSR count). The van der Waals surface area contributed by atoms with Gasteiger partial charge >= 0.3 is 0 Å². The zero-order chi connectivity index (χ0) is 38.8. The third-order valence-corrected chi connectivity index (χ3v) is 11.8. The third-order valence-electron chi connectivity index (χ3n) is 11.8. The smallest absolute Gasteiger partial charge is 0.0737 e. The molecule has 4 aromatic carbocycles. The number of nitrogens with zero attached hydrogens (tertiary/aromatic N) is 3. The average molecular weight is 866 g/mol. The van der Waals surface area contributed by atoms with Crippen molar-refractivity contribution in [2.75, 3.05) is 0 Å². The minimum Gasteiger partial charge on any atom is -0.355 e. The van der Waals surface area contributed by atoms with E-state index >= 15 is 0 Å². The number of hydrogen-bond acceptors (Lipinski definition) is 2. The van der Waals surface area contributed by atoms with Crippen LogP contribution < -0.4 is 0 Å². The van der Waals surface area contributed by atoms with Gasteiger partial charge in [-0.15, -0.1) is 0 Å². The summed E-state index contributed by atoms with van der Waals surface area (Å²) < 4.78 is 2.49. The van der Waals surface area contributed by atoms with Crippen LogP contribution in [-0.4, -0.2) is 19.5 Å². The number of fused-ring (bicyclic) bond motifs is 8. The molecule has 0 fully saturated rings. The summed E-state index contributed by atoms with van der Waals surface area (Å²) in [5.41, 5.74) is 25.7. The molecule has 5 heterocycles. The number of H-pyrrole nitrogens is 1. The molecule has 0 aliphatic carbocycles. The fraction of sp³-hybridized carbons (Fsp3) is 0.154. The van der Waals surface area contributed by atoms with Gasteiger partial charge in [0.1, 0.15) is 0 Å². The predicted molar refractivity (Wildman–Crippen MR) is 238 cm³/mol. The minimum atomic E-state index is 0. The van der Waals surface area contributed by atoms with E-state index in [0.717, 1.165) is 78.3 Å². The van der Waals surface area contributed by atoms with Crippen molar-refractivity contribution in [2.45, 2.75) is 55.4 Å². The zero-order valence-electron chi connectivity index (χ0n) is 34.0. The van der Waals surface area contributed by atoms with Gasteiger partial charge in [0.05, 0.1) is 33.8 Å². The maximum Gasteiger partial charge on any atom is 0.0737 e. The van der Waals surface area contributed by atoms with Crippen LogP contribution in [0.1, 0.15) is 67.3 Å². The van der Waals surface area contributed by atoms with Crippen LogP contribution in [-0.2, 0) is 0 Å². The second kappa shape index (κ2) is 15.2. The Morgan fingerprint density at radius 1 is 0.404 bits per heavy atom. The van der Waals surface area contributed by atoms with Crippen LogP contribution in [0.5, 0.6) is 0 Å². The van der Waals surface area contributed by atoms with Gasteiger partial charge in [-0.05, 0) is 183 Å². The number of hydrogen-bond donors (Lipinski definition) is 1. The van der Waals surface area contributed by atoms with E-state index in [2.05, 4.69) is 192 Å². The predicted octanol–water partition coefficient (Wildman–Crippen LogP) is 13.6.